The van der Waals surface area contributed by atoms with Gasteiger partial charge in [0.15, 0.2) is 0 Å². The summed E-state index contributed by atoms with van der Waals surface area (Å²) in [6, 6.07) is 6.14. The number of imidazole rings is 1. The summed E-state index contributed by atoms with van der Waals surface area (Å²) >= 11 is 0. The highest BCUT2D eigenvalue weighted by molar-refractivity contribution is 5.52. The fourth-order valence-electron chi connectivity index (χ4n) is 1.75. The Balaban J connectivity index is 2.28. The molecule has 1 aromatic carbocycles. The Labute approximate surface area is 95.9 Å². The third-order valence-electron chi connectivity index (χ3n) is 2.73. The molecule has 0 aliphatic carbocycles. The van der Waals surface area contributed by atoms with Gasteiger partial charge in [-0.1, -0.05) is 13.3 Å². The first-order valence-electron chi connectivity index (χ1n) is 5.68. The number of nitrogens with two attached hydrogens (primary N) is 1. The molecule has 0 atom stereocenters. The zero-order valence-electron chi connectivity index (χ0n) is 9.56. The van der Waals surface area contributed by atoms with Crippen molar-refractivity contribution in [3.05, 3.63) is 42.5 Å². The van der Waals surface area contributed by atoms with Gasteiger partial charge < -0.3 is 10.3 Å². The van der Waals surface area contributed by atoms with Crippen LogP contribution in [0.3, 0.4) is 0 Å². The highest BCUT2D eigenvalue weighted by atomic mass is 15.0. The zero-order chi connectivity index (χ0) is 11.4. The largest absolute Gasteiger partial charge is 0.399 e. The average Bonchev–Trinajstić information content (AvgIpc) is 2.81. The molecule has 1 aromatic heterocycles. The number of unbranched alkanes of at least 4 members (excludes halogenated alkanes) is 1. The van der Waals surface area contributed by atoms with Crippen LogP contribution in [0.2, 0.25) is 0 Å². The second kappa shape index (κ2) is 4.84. The number of nitrogens with zero attached hydrogens (tertiary/aromatic N) is 2. The summed E-state index contributed by atoms with van der Waals surface area (Å²) in [5, 5.41) is 0. The van der Waals surface area contributed by atoms with Crippen LogP contribution in [0.4, 0.5) is 5.69 Å². The fraction of sp³-hybridized carbons (Fsp3) is 0.308. The lowest BCUT2D eigenvalue weighted by molar-refractivity contribution is 0.795. The highest BCUT2D eigenvalue weighted by Gasteiger charge is 2.02. The summed E-state index contributed by atoms with van der Waals surface area (Å²) in [6.45, 7) is 2.19. The van der Waals surface area contributed by atoms with Gasteiger partial charge in [0.05, 0.1) is 6.33 Å². The summed E-state index contributed by atoms with van der Waals surface area (Å²) in [4.78, 5) is 4.04. The Morgan fingerprint density at radius 3 is 2.94 bits per heavy atom. The lowest BCUT2D eigenvalue weighted by Gasteiger charge is -2.08. The van der Waals surface area contributed by atoms with Crippen molar-refractivity contribution in [2.24, 2.45) is 0 Å². The molecule has 0 bridgehead atoms. The summed E-state index contributed by atoms with van der Waals surface area (Å²) in [7, 11) is 0. The van der Waals surface area contributed by atoms with Gasteiger partial charge in [-0.25, -0.2) is 4.98 Å². The van der Waals surface area contributed by atoms with Crippen molar-refractivity contribution >= 4 is 5.69 Å². The number of rotatable bonds is 4. The molecular formula is C13H17N3. The summed E-state index contributed by atoms with van der Waals surface area (Å²) in [5.41, 5.74) is 9.20. The number of benzene rings is 1. The minimum Gasteiger partial charge on any atom is -0.399 e. The van der Waals surface area contributed by atoms with Gasteiger partial charge >= 0.3 is 0 Å². The van der Waals surface area contributed by atoms with Crippen LogP contribution >= 0.6 is 0 Å². The molecule has 3 heteroatoms. The van der Waals surface area contributed by atoms with Crippen LogP contribution in [-0.2, 0) is 6.42 Å². The number of nitrogen functional groups attached to an aromatic ring is 1. The predicted molar refractivity (Wildman–Crippen MR) is 66.6 cm³/mol. The van der Waals surface area contributed by atoms with Gasteiger partial charge in [-0.05, 0) is 36.6 Å². The van der Waals surface area contributed by atoms with Crippen LogP contribution in [0.1, 0.15) is 25.3 Å². The van der Waals surface area contributed by atoms with Crippen LogP contribution in [-0.4, -0.2) is 9.55 Å². The molecule has 0 unspecified atom stereocenters. The Hall–Kier alpha value is -1.77. The quantitative estimate of drug-likeness (QED) is 0.797. The number of anilines is 1. The Bertz CT molecular complexity index is 446. The van der Waals surface area contributed by atoms with E-state index in [2.05, 4.69) is 18.0 Å². The van der Waals surface area contributed by atoms with Crippen molar-refractivity contribution < 1.29 is 0 Å². The predicted octanol–water partition coefficient (Wildman–Crippen LogP) is 2.80. The SMILES string of the molecule is CCCCc1cc(-n2ccnc2)ccc1N. The van der Waals surface area contributed by atoms with Gasteiger partial charge in [0.25, 0.3) is 0 Å². The number of aryl methyl sites for hydroxylation is 1. The second-order valence-electron chi connectivity index (χ2n) is 3.96. The Morgan fingerprint density at radius 1 is 1.38 bits per heavy atom. The number of hydrogen-bond donors (Lipinski definition) is 1. The van der Waals surface area contributed by atoms with E-state index in [1.54, 1.807) is 12.5 Å². The number of aromatic nitrogens is 2. The lowest BCUT2D eigenvalue weighted by atomic mass is 10.1. The standard InChI is InChI=1S/C13H17N3/c1-2-3-4-11-9-12(5-6-13(11)14)16-8-7-15-10-16/h5-10H,2-4,14H2,1H3. The molecule has 1 heterocycles. The maximum Gasteiger partial charge on any atom is 0.0991 e. The van der Waals surface area contributed by atoms with Gasteiger partial charge in [-0.15, -0.1) is 0 Å². The molecule has 2 rings (SSSR count). The van der Waals surface area contributed by atoms with Crippen molar-refractivity contribution in [1.82, 2.24) is 9.55 Å². The first kappa shape index (κ1) is 10.7. The normalized spacial score (nSPS) is 10.6. The first-order valence-corrected chi connectivity index (χ1v) is 5.68. The molecule has 0 saturated carbocycles. The van der Waals surface area contributed by atoms with Crippen molar-refractivity contribution in [2.75, 3.05) is 5.73 Å². The molecule has 16 heavy (non-hydrogen) atoms. The van der Waals surface area contributed by atoms with E-state index in [4.69, 9.17) is 5.73 Å². The van der Waals surface area contributed by atoms with Crippen LogP contribution in [0.5, 0.6) is 0 Å². The van der Waals surface area contributed by atoms with Crippen LogP contribution in [0.15, 0.2) is 36.9 Å². The molecular weight excluding hydrogens is 198 g/mol. The van der Waals surface area contributed by atoms with Gasteiger partial charge in [0.1, 0.15) is 0 Å². The van der Waals surface area contributed by atoms with E-state index in [-0.39, 0.29) is 0 Å². The highest BCUT2D eigenvalue weighted by Crippen LogP contribution is 2.19. The minimum atomic E-state index is 0.886. The smallest absolute Gasteiger partial charge is 0.0991 e. The van der Waals surface area contributed by atoms with Crippen molar-refractivity contribution in [3.8, 4) is 5.69 Å². The molecule has 3 nitrogen and oxygen atoms in total. The van der Waals surface area contributed by atoms with E-state index in [1.165, 1.54) is 18.4 Å². The molecule has 0 amide bonds. The van der Waals surface area contributed by atoms with Crippen LogP contribution < -0.4 is 5.73 Å². The first-order chi connectivity index (χ1) is 7.81. The summed E-state index contributed by atoms with van der Waals surface area (Å²) < 4.78 is 1.99. The molecule has 0 radical (unpaired) electrons. The van der Waals surface area contributed by atoms with Gasteiger partial charge in [0, 0.05) is 23.8 Å². The molecule has 0 fully saturated rings. The molecule has 0 saturated heterocycles. The van der Waals surface area contributed by atoms with E-state index < -0.39 is 0 Å². The Morgan fingerprint density at radius 2 is 2.25 bits per heavy atom. The monoisotopic (exact) mass is 215 g/mol. The second-order valence-corrected chi connectivity index (χ2v) is 3.96. The van der Waals surface area contributed by atoms with Crippen LogP contribution in [0, 0.1) is 0 Å². The van der Waals surface area contributed by atoms with Crippen molar-refractivity contribution in [1.29, 1.82) is 0 Å². The Kier molecular flexibility index (Phi) is 3.25. The third-order valence-corrected chi connectivity index (χ3v) is 2.73. The molecule has 84 valence electrons. The lowest BCUT2D eigenvalue weighted by Crippen LogP contribution is -1.98. The van der Waals surface area contributed by atoms with E-state index in [0.29, 0.717) is 0 Å². The van der Waals surface area contributed by atoms with E-state index in [0.717, 1.165) is 17.8 Å². The van der Waals surface area contributed by atoms with E-state index in [9.17, 15) is 0 Å². The van der Waals surface area contributed by atoms with Gasteiger partial charge in [-0.2, -0.15) is 0 Å². The van der Waals surface area contributed by atoms with Gasteiger partial charge in [0.2, 0.25) is 0 Å². The molecule has 2 aromatic rings. The van der Waals surface area contributed by atoms with Crippen LogP contribution in [0.25, 0.3) is 5.69 Å². The topological polar surface area (TPSA) is 43.8 Å². The molecule has 0 spiro atoms. The van der Waals surface area contributed by atoms with Gasteiger partial charge in [-0.3, -0.25) is 0 Å². The maximum atomic E-state index is 5.96. The molecule has 0 aliphatic rings. The summed E-state index contributed by atoms with van der Waals surface area (Å²) in [5.74, 6) is 0. The number of hydrogen-bond acceptors (Lipinski definition) is 2. The fourth-order valence-corrected chi connectivity index (χ4v) is 1.75. The van der Waals surface area contributed by atoms with E-state index >= 15 is 0 Å². The zero-order valence-corrected chi connectivity index (χ0v) is 9.56. The van der Waals surface area contributed by atoms with Crippen molar-refractivity contribution in [2.45, 2.75) is 26.2 Å². The molecule has 2 N–H and O–H groups in total. The van der Waals surface area contributed by atoms with Crippen molar-refractivity contribution in [3.63, 3.8) is 0 Å². The summed E-state index contributed by atoms with van der Waals surface area (Å²) in [6.07, 6.45) is 8.93. The molecule has 0 aliphatic heterocycles. The van der Waals surface area contributed by atoms with E-state index in [1.807, 2.05) is 22.9 Å². The average molecular weight is 215 g/mol. The minimum absolute atomic E-state index is 0.886. The third kappa shape index (κ3) is 2.24. The maximum absolute atomic E-state index is 5.96.